The van der Waals surface area contributed by atoms with Crippen LogP contribution in [0.4, 0.5) is 0 Å². The van der Waals surface area contributed by atoms with Crippen LogP contribution in [0, 0.1) is 0 Å². The number of esters is 2. The standard InChI is InChI=1S/C46H48O11/c1-31(47)56-40(36-17-11-6-12-18-36)46(49)57-42-39(48)41(52-27-32-13-7-4-8-14-32)43(53-28-33-15-9-5-10-16-33)45(55-30-35-21-25-38(51-3)26-22-35)44(42)54-29-34-19-23-37(50-2)24-20-34/h4-26,39-45,48H,27-30H2,1-3H3/t39-,40-,41+,42-,43-,44+,45+/m0/s1. The smallest absolute Gasteiger partial charge is 0.352 e. The molecule has 0 aliphatic heterocycles. The first-order valence-electron chi connectivity index (χ1n) is 18.7. The lowest BCUT2D eigenvalue weighted by Crippen LogP contribution is -2.67. The van der Waals surface area contributed by atoms with Crippen molar-refractivity contribution in [2.75, 3.05) is 14.2 Å². The maximum atomic E-state index is 14.2. The fourth-order valence-electron chi connectivity index (χ4n) is 6.64. The molecular formula is C46H48O11. The number of methoxy groups -OCH3 is 2. The summed E-state index contributed by atoms with van der Waals surface area (Å²) >= 11 is 0. The average molecular weight is 777 g/mol. The van der Waals surface area contributed by atoms with E-state index in [-0.39, 0.29) is 26.4 Å². The van der Waals surface area contributed by atoms with Crippen LogP contribution in [0.1, 0.15) is 40.8 Å². The van der Waals surface area contributed by atoms with Gasteiger partial charge in [-0.25, -0.2) is 4.79 Å². The molecule has 1 N–H and O–H groups in total. The monoisotopic (exact) mass is 776 g/mol. The van der Waals surface area contributed by atoms with Crippen LogP contribution in [0.2, 0.25) is 0 Å². The zero-order valence-corrected chi connectivity index (χ0v) is 32.2. The zero-order valence-electron chi connectivity index (χ0n) is 32.2. The predicted octanol–water partition coefficient (Wildman–Crippen LogP) is 6.94. The molecular weight excluding hydrogens is 728 g/mol. The molecule has 5 aromatic rings. The van der Waals surface area contributed by atoms with E-state index in [1.165, 1.54) is 6.92 Å². The number of benzene rings is 5. The number of carbonyl (C=O) groups is 2. The van der Waals surface area contributed by atoms with Crippen molar-refractivity contribution in [3.8, 4) is 11.5 Å². The molecule has 0 heterocycles. The molecule has 11 heteroatoms. The van der Waals surface area contributed by atoms with E-state index in [4.69, 9.17) is 37.9 Å². The number of aliphatic hydroxyl groups is 1. The molecule has 1 aliphatic rings. The van der Waals surface area contributed by atoms with Crippen molar-refractivity contribution in [3.63, 3.8) is 0 Å². The fraction of sp³-hybridized carbons (Fsp3) is 0.304. The summed E-state index contributed by atoms with van der Waals surface area (Å²) in [6, 6.07) is 42.4. The summed E-state index contributed by atoms with van der Waals surface area (Å²) in [5.41, 5.74) is 3.75. The summed E-state index contributed by atoms with van der Waals surface area (Å²) in [6.45, 7) is 1.63. The average Bonchev–Trinajstić information content (AvgIpc) is 3.25. The van der Waals surface area contributed by atoms with Crippen molar-refractivity contribution in [1.29, 1.82) is 0 Å². The Morgan fingerprint density at radius 1 is 0.509 bits per heavy atom. The first-order chi connectivity index (χ1) is 27.8. The van der Waals surface area contributed by atoms with E-state index in [2.05, 4.69) is 0 Å². The number of carbonyl (C=O) groups excluding carboxylic acids is 2. The van der Waals surface area contributed by atoms with Gasteiger partial charge in [0.05, 0.1) is 40.6 Å². The molecule has 5 aromatic carbocycles. The molecule has 0 bridgehead atoms. The molecule has 1 fully saturated rings. The molecule has 0 aromatic heterocycles. The molecule has 0 spiro atoms. The molecule has 7 atom stereocenters. The van der Waals surface area contributed by atoms with Crippen molar-refractivity contribution in [2.24, 2.45) is 0 Å². The van der Waals surface area contributed by atoms with Crippen LogP contribution in [0.15, 0.2) is 140 Å². The van der Waals surface area contributed by atoms with Gasteiger partial charge in [-0.1, -0.05) is 115 Å². The summed E-state index contributed by atoms with van der Waals surface area (Å²) in [7, 11) is 3.18. The summed E-state index contributed by atoms with van der Waals surface area (Å²) in [5, 5.41) is 12.4. The molecule has 57 heavy (non-hydrogen) atoms. The highest BCUT2D eigenvalue weighted by atomic mass is 16.6. The van der Waals surface area contributed by atoms with Crippen LogP contribution in [-0.4, -0.2) is 67.9 Å². The van der Waals surface area contributed by atoms with Gasteiger partial charge in [0.1, 0.15) is 42.0 Å². The lowest BCUT2D eigenvalue weighted by atomic mass is 9.83. The van der Waals surface area contributed by atoms with Crippen LogP contribution in [0.5, 0.6) is 11.5 Å². The Kier molecular flexibility index (Phi) is 14.8. The van der Waals surface area contributed by atoms with Gasteiger partial charge in [0, 0.05) is 12.5 Å². The SMILES string of the molecule is COc1ccc(CO[C@@H]2[C@@H](OCc3ccccc3)[C@H](OCc3ccccc3)[C@H](O)[C@H](OC(=O)[C@@H](OC(C)=O)c3ccccc3)[C@H]2OCc2ccc(OC)cc2)cc1. The fourth-order valence-corrected chi connectivity index (χ4v) is 6.64. The molecule has 0 amide bonds. The van der Waals surface area contributed by atoms with Gasteiger partial charge in [0.15, 0.2) is 6.10 Å². The summed E-state index contributed by atoms with van der Waals surface area (Å²) in [4.78, 5) is 26.5. The van der Waals surface area contributed by atoms with Gasteiger partial charge in [0.2, 0.25) is 6.10 Å². The summed E-state index contributed by atoms with van der Waals surface area (Å²) < 4.78 is 49.1. The lowest BCUT2D eigenvalue weighted by molar-refractivity contribution is -0.279. The molecule has 0 unspecified atom stereocenters. The highest BCUT2D eigenvalue weighted by Gasteiger charge is 2.55. The van der Waals surface area contributed by atoms with Gasteiger partial charge < -0.3 is 43.0 Å². The predicted molar refractivity (Wildman–Crippen MR) is 210 cm³/mol. The van der Waals surface area contributed by atoms with E-state index in [9.17, 15) is 14.7 Å². The Morgan fingerprint density at radius 2 is 0.877 bits per heavy atom. The van der Waals surface area contributed by atoms with E-state index in [0.29, 0.717) is 17.1 Å². The van der Waals surface area contributed by atoms with Crippen molar-refractivity contribution >= 4 is 11.9 Å². The largest absolute Gasteiger partial charge is 0.497 e. The van der Waals surface area contributed by atoms with Crippen LogP contribution in [-0.2, 0) is 64.4 Å². The Hall–Kier alpha value is -5.56. The lowest BCUT2D eigenvalue weighted by Gasteiger charge is -2.48. The number of hydrogen-bond acceptors (Lipinski definition) is 11. The van der Waals surface area contributed by atoms with Crippen LogP contribution < -0.4 is 9.47 Å². The summed E-state index contributed by atoms with van der Waals surface area (Å²) in [6.07, 6.45) is -8.40. The summed E-state index contributed by atoms with van der Waals surface area (Å²) in [5.74, 6) is -0.231. The maximum absolute atomic E-state index is 14.2. The van der Waals surface area contributed by atoms with Crippen molar-refractivity contribution in [3.05, 3.63) is 167 Å². The van der Waals surface area contributed by atoms with Crippen LogP contribution >= 0.6 is 0 Å². The Balaban J connectivity index is 1.40. The van der Waals surface area contributed by atoms with Gasteiger partial charge in [-0.05, 0) is 46.5 Å². The molecule has 11 nitrogen and oxygen atoms in total. The Bertz CT molecular complexity index is 1960. The van der Waals surface area contributed by atoms with Gasteiger partial charge in [-0.3, -0.25) is 4.79 Å². The molecule has 298 valence electrons. The Labute approximate surface area is 333 Å². The van der Waals surface area contributed by atoms with Gasteiger partial charge in [0.25, 0.3) is 0 Å². The normalized spacial score (nSPS) is 20.9. The van der Waals surface area contributed by atoms with Crippen LogP contribution in [0.3, 0.4) is 0 Å². The second-order valence-corrected chi connectivity index (χ2v) is 13.6. The van der Waals surface area contributed by atoms with Gasteiger partial charge >= 0.3 is 11.9 Å². The molecule has 1 saturated carbocycles. The number of hydrogen-bond donors (Lipinski definition) is 1. The molecule has 0 saturated heterocycles. The van der Waals surface area contributed by atoms with Crippen molar-refractivity contribution in [2.45, 2.75) is 76.1 Å². The third-order valence-electron chi connectivity index (χ3n) is 9.59. The third-order valence-corrected chi connectivity index (χ3v) is 9.59. The van der Waals surface area contributed by atoms with Crippen molar-refractivity contribution < 1.29 is 52.6 Å². The quantitative estimate of drug-likeness (QED) is 0.0931. The molecule has 1 aliphatic carbocycles. The minimum absolute atomic E-state index is 0.0465. The van der Waals surface area contributed by atoms with Crippen LogP contribution in [0.25, 0.3) is 0 Å². The minimum atomic E-state index is -1.49. The van der Waals surface area contributed by atoms with Crippen molar-refractivity contribution in [1.82, 2.24) is 0 Å². The maximum Gasteiger partial charge on any atom is 0.352 e. The number of aliphatic hydroxyl groups excluding tert-OH is 1. The van der Waals surface area contributed by atoms with Gasteiger partial charge in [-0.15, -0.1) is 0 Å². The minimum Gasteiger partial charge on any atom is -0.497 e. The van der Waals surface area contributed by atoms with E-state index in [1.807, 2.05) is 109 Å². The second kappa shape index (κ2) is 20.6. The first-order valence-corrected chi connectivity index (χ1v) is 18.7. The third kappa shape index (κ3) is 11.3. The van der Waals surface area contributed by atoms with E-state index in [0.717, 1.165) is 22.3 Å². The van der Waals surface area contributed by atoms with E-state index < -0.39 is 54.7 Å². The first kappa shape index (κ1) is 41.1. The van der Waals surface area contributed by atoms with E-state index >= 15 is 0 Å². The second-order valence-electron chi connectivity index (χ2n) is 13.6. The highest BCUT2D eigenvalue weighted by molar-refractivity contribution is 5.80. The number of ether oxygens (including phenoxy) is 8. The van der Waals surface area contributed by atoms with Gasteiger partial charge in [-0.2, -0.15) is 0 Å². The molecule has 0 radical (unpaired) electrons. The number of rotatable bonds is 18. The highest BCUT2D eigenvalue weighted by Crippen LogP contribution is 2.36. The Morgan fingerprint density at radius 3 is 1.30 bits per heavy atom. The van der Waals surface area contributed by atoms with E-state index in [1.54, 1.807) is 44.6 Å². The zero-order chi connectivity index (χ0) is 40.0. The molecule has 6 rings (SSSR count). The topological polar surface area (TPSA) is 128 Å².